The van der Waals surface area contributed by atoms with Crippen LogP contribution in [-0.4, -0.2) is 7.05 Å². The highest BCUT2D eigenvalue weighted by atomic mass is 15.3. The SMILES string of the molecule is CN(c1ccccc1)c1ccc(N2c3ccccc3N(c3ccccc3)c3ccccc32)cc1-c1cccc(/C=C/c2ccc3c(c2)C(C)(C)c2cc(N4c5ccccc5N(c5ccccc5)c5ccccc54)ccc2-3)c1. The molecule has 77 heavy (non-hydrogen) atoms. The van der Waals surface area contributed by atoms with E-state index in [1.54, 1.807) is 0 Å². The van der Waals surface area contributed by atoms with E-state index in [1.807, 2.05) is 0 Å². The molecule has 0 N–H and O–H groups in total. The molecule has 0 fully saturated rings. The van der Waals surface area contributed by atoms with Gasteiger partial charge in [-0.3, -0.25) is 0 Å². The van der Waals surface area contributed by atoms with E-state index in [0.717, 1.165) is 96.3 Å². The smallest absolute Gasteiger partial charge is 0.0703 e. The lowest BCUT2D eigenvalue weighted by Crippen LogP contribution is -2.24. The molecule has 0 amide bonds. The predicted molar refractivity (Wildman–Crippen MR) is 325 cm³/mol. The number of anilines is 14. The zero-order valence-electron chi connectivity index (χ0n) is 43.3. The van der Waals surface area contributed by atoms with Gasteiger partial charge in [-0.05, 0) is 160 Å². The van der Waals surface area contributed by atoms with E-state index in [-0.39, 0.29) is 5.41 Å². The standard InChI is InChI=1S/C72H55N5/c1-72(2)61-47-51(40-43-58(61)59-44-41-57(49-62(59)72)77-70-36-19-15-32-66(70)75(55-28-11-6-12-29-55)67-33-16-20-37-71(67)77)39-38-50-22-21-23-52(46-50)60-48-56(42-45-63(60)73(3)53-24-7-4-8-25-53)76-68-34-17-13-30-64(68)74(54-26-9-5-10-27-54)65-31-14-18-35-69(65)76/h4-49H,1-3H3/b39-38+. The molecule has 0 unspecified atom stereocenters. The topological polar surface area (TPSA) is 16.2 Å². The van der Waals surface area contributed by atoms with Crippen molar-refractivity contribution in [2.45, 2.75) is 19.3 Å². The summed E-state index contributed by atoms with van der Waals surface area (Å²) in [6, 6.07) is 97.0. The maximum Gasteiger partial charge on any atom is 0.0703 e. The summed E-state index contributed by atoms with van der Waals surface area (Å²) in [7, 11) is 2.17. The van der Waals surface area contributed by atoms with Gasteiger partial charge < -0.3 is 24.5 Å². The Morgan fingerprint density at radius 1 is 0.312 bits per heavy atom. The van der Waals surface area contributed by atoms with Crippen LogP contribution in [0.4, 0.5) is 79.6 Å². The lowest BCUT2D eigenvalue weighted by molar-refractivity contribution is 0.660. The minimum Gasteiger partial charge on any atom is -0.344 e. The van der Waals surface area contributed by atoms with Crippen LogP contribution in [0, 0.1) is 0 Å². The molecule has 11 aromatic rings. The summed E-state index contributed by atoms with van der Waals surface area (Å²) in [6.45, 7) is 4.76. The second kappa shape index (κ2) is 18.5. The van der Waals surface area contributed by atoms with Crippen LogP contribution in [0.5, 0.6) is 0 Å². The van der Waals surface area contributed by atoms with Gasteiger partial charge in [-0.25, -0.2) is 0 Å². The summed E-state index contributed by atoms with van der Waals surface area (Å²) < 4.78 is 0. The Labute approximate surface area is 451 Å². The second-order valence-electron chi connectivity index (χ2n) is 20.7. The molecule has 0 atom stereocenters. The van der Waals surface area contributed by atoms with Crippen LogP contribution in [0.1, 0.15) is 36.1 Å². The van der Waals surface area contributed by atoms with Crippen LogP contribution in [0.15, 0.2) is 267 Å². The highest BCUT2D eigenvalue weighted by molar-refractivity contribution is 6.04. The van der Waals surface area contributed by atoms with Crippen LogP contribution < -0.4 is 24.5 Å². The molecular formula is C72H55N5. The first-order valence-corrected chi connectivity index (χ1v) is 26.6. The Morgan fingerprint density at radius 2 is 0.701 bits per heavy atom. The van der Waals surface area contributed by atoms with Crippen molar-refractivity contribution < 1.29 is 0 Å². The fourth-order valence-corrected chi connectivity index (χ4v) is 12.1. The number of hydrogen-bond donors (Lipinski definition) is 0. The molecule has 11 aromatic carbocycles. The van der Waals surface area contributed by atoms with Crippen LogP contribution in [-0.2, 0) is 5.41 Å². The van der Waals surface area contributed by atoms with Crippen molar-refractivity contribution in [2.75, 3.05) is 31.5 Å². The molecule has 5 heteroatoms. The third-order valence-corrected chi connectivity index (χ3v) is 15.8. The lowest BCUT2D eigenvalue weighted by atomic mass is 9.81. The fourth-order valence-electron chi connectivity index (χ4n) is 12.1. The molecule has 368 valence electrons. The molecule has 0 spiro atoms. The highest BCUT2D eigenvalue weighted by Gasteiger charge is 2.38. The molecule has 0 saturated carbocycles. The van der Waals surface area contributed by atoms with E-state index in [1.165, 1.54) is 27.8 Å². The van der Waals surface area contributed by atoms with Gasteiger partial charge in [0.15, 0.2) is 0 Å². The molecular weight excluding hydrogens is 935 g/mol. The van der Waals surface area contributed by atoms with Crippen molar-refractivity contribution >= 4 is 91.8 Å². The average Bonchev–Trinajstić information content (AvgIpc) is 3.89. The summed E-state index contributed by atoms with van der Waals surface area (Å²) in [5.74, 6) is 0. The van der Waals surface area contributed by atoms with E-state index < -0.39 is 0 Å². The Hall–Kier alpha value is -9.84. The molecule has 0 bridgehead atoms. The van der Waals surface area contributed by atoms with Crippen LogP contribution in [0.3, 0.4) is 0 Å². The molecule has 2 heterocycles. The maximum atomic E-state index is 2.44. The minimum absolute atomic E-state index is 0.225. The minimum atomic E-state index is -0.225. The molecule has 2 aliphatic heterocycles. The lowest BCUT2D eigenvalue weighted by Gasteiger charge is -2.40. The van der Waals surface area contributed by atoms with Gasteiger partial charge in [-0.2, -0.15) is 0 Å². The van der Waals surface area contributed by atoms with E-state index in [2.05, 4.69) is 324 Å². The van der Waals surface area contributed by atoms with Gasteiger partial charge in [0, 0.05) is 52.2 Å². The van der Waals surface area contributed by atoms with Crippen molar-refractivity contribution in [1.29, 1.82) is 0 Å². The first-order chi connectivity index (χ1) is 37.9. The molecule has 14 rings (SSSR count). The summed E-state index contributed by atoms with van der Waals surface area (Å²) in [5.41, 5.74) is 25.5. The second-order valence-corrected chi connectivity index (χ2v) is 20.7. The Balaban J connectivity index is 0.803. The van der Waals surface area contributed by atoms with Crippen LogP contribution in [0.25, 0.3) is 34.4 Å². The largest absolute Gasteiger partial charge is 0.344 e. The summed E-state index contributed by atoms with van der Waals surface area (Å²) in [6.07, 6.45) is 4.54. The molecule has 5 nitrogen and oxygen atoms in total. The van der Waals surface area contributed by atoms with Gasteiger partial charge in [0.1, 0.15) is 0 Å². The maximum absolute atomic E-state index is 2.44. The van der Waals surface area contributed by atoms with Crippen molar-refractivity contribution in [3.05, 3.63) is 289 Å². The van der Waals surface area contributed by atoms with Gasteiger partial charge in [-0.1, -0.05) is 172 Å². The first kappa shape index (κ1) is 45.7. The van der Waals surface area contributed by atoms with Crippen LogP contribution in [0.2, 0.25) is 0 Å². The molecule has 0 aromatic heterocycles. The molecule has 3 aliphatic rings. The third-order valence-electron chi connectivity index (χ3n) is 15.8. The van der Waals surface area contributed by atoms with Crippen molar-refractivity contribution in [3.63, 3.8) is 0 Å². The highest BCUT2D eigenvalue weighted by Crippen LogP contribution is 2.58. The van der Waals surface area contributed by atoms with E-state index in [4.69, 9.17) is 0 Å². The number of fused-ring (bicyclic) bond motifs is 7. The summed E-state index contributed by atoms with van der Waals surface area (Å²) >= 11 is 0. The van der Waals surface area contributed by atoms with E-state index in [9.17, 15) is 0 Å². The molecule has 0 radical (unpaired) electrons. The molecule has 0 saturated heterocycles. The van der Waals surface area contributed by atoms with Crippen molar-refractivity contribution in [3.8, 4) is 22.3 Å². The van der Waals surface area contributed by atoms with Gasteiger partial charge in [0.2, 0.25) is 0 Å². The molecule has 1 aliphatic carbocycles. The third kappa shape index (κ3) is 7.69. The zero-order valence-corrected chi connectivity index (χ0v) is 43.3. The number of para-hydroxylation sites is 11. The van der Waals surface area contributed by atoms with Gasteiger partial charge in [0.25, 0.3) is 0 Å². The Kier molecular flexibility index (Phi) is 11.0. The van der Waals surface area contributed by atoms with Crippen molar-refractivity contribution in [1.82, 2.24) is 0 Å². The first-order valence-electron chi connectivity index (χ1n) is 26.6. The number of hydrogen-bond acceptors (Lipinski definition) is 5. The van der Waals surface area contributed by atoms with Gasteiger partial charge in [-0.15, -0.1) is 0 Å². The van der Waals surface area contributed by atoms with Gasteiger partial charge in [0.05, 0.1) is 45.5 Å². The Bertz CT molecular complexity index is 3970. The zero-order chi connectivity index (χ0) is 51.6. The van der Waals surface area contributed by atoms with E-state index in [0.29, 0.717) is 0 Å². The number of benzene rings is 11. The van der Waals surface area contributed by atoms with Gasteiger partial charge >= 0.3 is 0 Å². The normalized spacial score (nSPS) is 13.6. The van der Waals surface area contributed by atoms with Crippen molar-refractivity contribution in [2.24, 2.45) is 0 Å². The fraction of sp³-hybridized carbons (Fsp3) is 0.0556. The monoisotopic (exact) mass is 989 g/mol. The quantitative estimate of drug-likeness (QED) is 0.134. The average molecular weight is 990 g/mol. The summed E-state index contributed by atoms with van der Waals surface area (Å²) in [5, 5.41) is 0. The van der Waals surface area contributed by atoms with Crippen LogP contribution >= 0.6 is 0 Å². The predicted octanol–water partition coefficient (Wildman–Crippen LogP) is 20.1. The number of nitrogens with zero attached hydrogens (tertiary/aromatic N) is 5. The van der Waals surface area contributed by atoms with E-state index >= 15 is 0 Å². The summed E-state index contributed by atoms with van der Waals surface area (Å²) in [4.78, 5) is 11.9. The number of rotatable bonds is 9. The Morgan fingerprint density at radius 3 is 1.19 bits per heavy atom.